The van der Waals surface area contributed by atoms with Crippen LogP contribution in [0.5, 0.6) is 17.2 Å². The van der Waals surface area contributed by atoms with Gasteiger partial charge in [0.1, 0.15) is 23.3 Å². The van der Waals surface area contributed by atoms with Crippen molar-refractivity contribution in [1.29, 1.82) is 0 Å². The maximum absolute atomic E-state index is 13.2. The molecule has 2 atom stereocenters. The smallest absolute Gasteiger partial charge is 0.261 e. The van der Waals surface area contributed by atoms with Crippen molar-refractivity contribution < 1.29 is 23.8 Å². The minimum absolute atomic E-state index is 0.0266. The average Bonchev–Trinajstić information content (AvgIpc) is 2.81. The van der Waals surface area contributed by atoms with Crippen LogP contribution in [0.15, 0.2) is 36.4 Å². The molecule has 0 spiro atoms. The minimum Gasteiger partial charge on any atom is -0.496 e. The van der Waals surface area contributed by atoms with E-state index in [0.717, 1.165) is 6.42 Å². The first-order chi connectivity index (χ1) is 15.7. The van der Waals surface area contributed by atoms with Gasteiger partial charge in [0, 0.05) is 46.4 Å². The van der Waals surface area contributed by atoms with E-state index >= 15 is 0 Å². The number of amides is 2. The molecule has 0 saturated heterocycles. The van der Waals surface area contributed by atoms with Crippen molar-refractivity contribution in [1.82, 2.24) is 10.2 Å². The van der Waals surface area contributed by atoms with Gasteiger partial charge in [-0.15, -0.1) is 0 Å². The van der Waals surface area contributed by atoms with Gasteiger partial charge in [0.25, 0.3) is 5.91 Å². The lowest BCUT2D eigenvalue weighted by atomic mass is 10.1. The number of methoxy groups -OCH3 is 2. The van der Waals surface area contributed by atoms with Crippen LogP contribution in [0.1, 0.15) is 32.8 Å². The Balaban J connectivity index is 2.26. The highest BCUT2D eigenvalue weighted by molar-refractivity contribution is 6.36. The molecule has 1 N–H and O–H groups in total. The first-order valence-electron chi connectivity index (χ1n) is 10.6. The van der Waals surface area contributed by atoms with Crippen LogP contribution < -0.4 is 19.5 Å². The Kier molecular flexibility index (Phi) is 10.1. The maximum atomic E-state index is 13.2. The van der Waals surface area contributed by atoms with Crippen molar-refractivity contribution in [3.05, 3.63) is 52.0 Å². The molecule has 0 aliphatic rings. The second-order valence-corrected chi connectivity index (χ2v) is 8.37. The van der Waals surface area contributed by atoms with Gasteiger partial charge >= 0.3 is 0 Å². The summed E-state index contributed by atoms with van der Waals surface area (Å²) < 4.78 is 16.2. The minimum atomic E-state index is -0.776. The molecule has 0 radical (unpaired) electrons. The van der Waals surface area contributed by atoms with Crippen LogP contribution in [0, 0.1) is 0 Å². The van der Waals surface area contributed by atoms with Crippen LogP contribution in [-0.2, 0) is 16.1 Å². The molecule has 9 heteroatoms. The van der Waals surface area contributed by atoms with E-state index in [1.165, 1.54) is 19.1 Å². The molecule has 0 aromatic heterocycles. The third-order valence-electron chi connectivity index (χ3n) is 5.25. The normalized spacial score (nSPS) is 12.5. The predicted molar refractivity (Wildman–Crippen MR) is 129 cm³/mol. The zero-order valence-electron chi connectivity index (χ0n) is 19.5. The number of ether oxygens (including phenoxy) is 3. The van der Waals surface area contributed by atoms with E-state index in [9.17, 15) is 9.59 Å². The summed E-state index contributed by atoms with van der Waals surface area (Å²) in [7, 11) is 3.05. The van der Waals surface area contributed by atoms with Crippen molar-refractivity contribution in [2.45, 2.75) is 45.8 Å². The zero-order valence-corrected chi connectivity index (χ0v) is 21.0. The molecule has 0 saturated carbocycles. The predicted octanol–water partition coefficient (Wildman–Crippen LogP) is 4.72. The maximum Gasteiger partial charge on any atom is 0.261 e. The van der Waals surface area contributed by atoms with E-state index in [4.69, 9.17) is 37.4 Å². The van der Waals surface area contributed by atoms with Gasteiger partial charge in [-0.2, -0.15) is 0 Å². The number of halogens is 2. The van der Waals surface area contributed by atoms with Crippen LogP contribution in [0.25, 0.3) is 0 Å². The Morgan fingerprint density at radius 3 is 2.06 bits per heavy atom. The van der Waals surface area contributed by atoms with Crippen molar-refractivity contribution in [3.63, 3.8) is 0 Å². The monoisotopic (exact) mass is 496 g/mol. The summed E-state index contributed by atoms with van der Waals surface area (Å²) in [6.45, 7) is 5.28. The van der Waals surface area contributed by atoms with Crippen LogP contribution in [-0.4, -0.2) is 49.6 Å². The number of nitrogens with one attached hydrogen (secondary N) is 1. The van der Waals surface area contributed by atoms with Crippen LogP contribution in [0.2, 0.25) is 10.0 Å². The summed E-state index contributed by atoms with van der Waals surface area (Å²) in [5, 5.41) is 3.73. The van der Waals surface area contributed by atoms with E-state index in [-0.39, 0.29) is 25.1 Å². The number of benzene rings is 2. The van der Waals surface area contributed by atoms with Gasteiger partial charge in [0.2, 0.25) is 5.91 Å². The summed E-state index contributed by atoms with van der Waals surface area (Å²) in [6.07, 6.45) is 0.767. The summed E-state index contributed by atoms with van der Waals surface area (Å²) in [5.41, 5.74) is 0.556. The lowest BCUT2D eigenvalue weighted by Crippen LogP contribution is -2.50. The molecule has 7 nitrogen and oxygen atoms in total. The summed E-state index contributed by atoms with van der Waals surface area (Å²) >= 11 is 12.7. The molecular weight excluding hydrogens is 467 g/mol. The molecule has 0 fully saturated rings. The molecule has 0 aliphatic heterocycles. The van der Waals surface area contributed by atoms with E-state index in [0.29, 0.717) is 32.9 Å². The van der Waals surface area contributed by atoms with Crippen molar-refractivity contribution >= 4 is 35.0 Å². The quantitative estimate of drug-likeness (QED) is 0.486. The van der Waals surface area contributed by atoms with Crippen molar-refractivity contribution in [2.75, 3.05) is 20.8 Å². The number of nitrogens with zero attached hydrogens (tertiary/aromatic N) is 1. The van der Waals surface area contributed by atoms with Gasteiger partial charge in [-0.1, -0.05) is 36.2 Å². The Hall–Kier alpha value is -2.64. The molecule has 0 heterocycles. The SMILES string of the molecule is CCC(C)NC(=O)C(C)N(Cc1c(Cl)cccc1Cl)C(=O)COc1cc(OC)cc(OC)c1. The Labute approximate surface area is 204 Å². The molecule has 2 aromatic carbocycles. The van der Waals surface area contributed by atoms with Gasteiger partial charge in [-0.25, -0.2) is 0 Å². The van der Waals surface area contributed by atoms with E-state index in [2.05, 4.69) is 5.32 Å². The van der Waals surface area contributed by atoms with Gasteiger partial charge in [-0.05, 0) is 32.4 Å². The second-order valence-electron chi connectivity index (χ2n) is 7.55. The number of hydrogen-bond acceptors (Lipinski definition) is 5. The molecule has 2 aromatic rings. The number of carbonyl (C=O) groups is 2. The van der Waals surface area contributed by atoms with Gasteiger partial charge in [0.15, 0.2) is 6.61 Å². The summed E-state index contributed by atoms with van der Waals surface area (Å²) in [5.74, 6) is 0.770. The Morgan fingerprint density at radius 2 is 1.55 bits per heavy atom. The number of carbonyl (C=O) groups excluding carboxylic acids is 2. The summed E-state index contributed by atoms with van der Waals surface area (Å²) in [6, 6.07) is 9.28. The van der Waals surface area contributed by atoms with Gasteiger partial charge in [-0.3, -0.25) is 9.59 Å². The highest BCUT2D eigenvalue weighted by Crippen LogP contribution is 2.28. The van der Waals surface area contributed by atoms with Gasteiger partial charge in [0.05, 0.1) is 14.2 Å². The molecule has 2 unspecified atom stereocenters. The Morgan fingerprint density at radius 1 is 1.00 bits per heavy atom. The lowest BCUT2D eigenvalue weighted by Gasteiger charge is -2.30. The molecular formula is C24H30Cl2N2O5. The summed E-state index contributed by atoms with van der Waals surface area (Å²) in [4.78, 5) is 27.4. The molecule has 0 bridgehead atoms. The fraction of sp³-hybridized carbons (Fsp3) is 0.417. The van der Waals surface area contributed by atoms with Crippen molar-refractivity contribution in [2.24, 2.45) is 0 Å². The highest BCUT2D eigenvalue weighted by atomic mass is 35.5. The van der Waals surface area contributed by atoms with E-state index in [1.807, 2.05) is 13.8 Å². The lowest BCUT2D eigenvalue weighted by molar-refractivity contribution is -0.142. The molecule has 180 valence electrons. The van der Waals surface area contributed by atoms with E-state index < -0.39 is 11.9 Å². The molecule has 2 amide bonds. The number of hydrogen-bond donors (Lipinski definition) is 1. The highest BCUT2D eigenvalue weighted by Gasteiger charge is 2.28. The van der Waals surface area contributed by atoms with Crippen LogP contribution in [0.3, 0.4) is 0 Å². The number of rotatable bonds is 11. The third-order valence-corrected chi connectivity index (χ3v) is 5.95. The molecule has 2 rings (SSSR count). The topological polar surface area (TPSA) is 77.1 Å². The second kappa shape index (κ2) is 12.6. The first kappa shape index (κ1) is 26.6. The fourth-order valence-electron chi connectivity index (χ4n) is 2.99. The fourth-order valence-corrected chi connectivity index (χ4v) is 3.51. The Bertz CT molecular complexity index is 927. The average molecular weight is 497 g/mol. The standard InChI is InChI=1S/C24H30Cl2N2O5/c1-6-15(2)27-24(30)16(3)28(13-20-21(25)8-7-9-22(20)26)23(29)14-33-19-11-17(31-4)10-18(12-19)32-5/h7-12,15-16H,6,13-14H2,1-5H3,(H,27,30). The zero-order chi connectivity index (χ0) is 24.5. The third kappa shape index (κ3) is 7.44. The van der Waals surface area contributed by atoms with Crippen LogP contribution in [0.4, 0.5) is 0 Å². The van der Waals surface area contributed by atoms with E-state index in [1.54, 1.807) is 43.3 Å². The van der Waals surface area contributed by atoms with Gasteiger partial charge < -0.3 is 24.4 Å². The van der Waals surface area contributed by atoms with Crippen LogP contribution >= 0.6 is 23.2 Å². The largest absolute Gasteiger partial charge is 0.496 e. The van der Waals surface area contributed by atoms with Crippen molar-refractivity contribution in [3.8, 4) is 17.2 Å². The molecule has 0 aliphatic carbocycles. The molecule has 33 heavy (non-hydrogen) atoms. The first-order valence-corrected chi connectivity index (χ1v) is 11.3.